The molecule has 1 unspecified atom stereocenters. The Labute approximate surface area is 94.7 Å². The van der Waals surface area contributed by atoms with E-state index in [1.54, 1.807) is 18.3 Å². The third-order valence-corrected chi connectivity index (χ3v) is 2.34. The topological polar surface area (TPSA) is 88.2 Å². The third kappa shape index (κ3) is 3.29. The van der Waals surface area contributed by atoms with E-state index in [0.717, 1.165) is 0 Å². The van der Waals surface area contributed by atoms with Crippen molar-refractivity contribution in [1.82, 2.24) is 10.3 Å². The Kier molecular flexibility index (Phi) is 4.88. The van der Waals surface area contributed by atoms with Crippen LogP contribution in [-0.2, 0) is 6.54 Å². The van der Waals surface area contributed by atoms with Crippen molar-refractivity contribution in [2.75, 3.05) is 6.61 Å². The number of nitrogens with zero attached hydrogens (tertiary/aromatic N) is 1. The van der Waals surface area contributed by atoms with Gasteiger partial charge >= 0.3 is 0 Å². The van der Waals surface area contributed by atoms with Gasteiger partial charge in [0.15, 0.2) is 0 Å². The molecular formula is C11H17N3O2. The molecule has 1 atom stereocenters. The Morgan fingerprint density at radius 3 is 3.00 bits per heavy atom. The van der Waals surface area contributed by atoms with E-state index in [-0.39, 0.29) is 18.6 Å². The zero-order valence-electron chi connectivity index (χ0n) is 9.31. The van der Waals surface area contributed by atoms with Crippen molar-refractivity contribution in [3.63, 3.8) is 0 Å². The molecule has 0 spiro atoms. The molecule has 16 heavy (non-hydrogen) atoms. The lowest BCUT2D eigenvalue weighted by Crippen LogP contribution is -2.37. The van der Waals surface area contributed by atoms with Gasteiger partial charge in [-0.3, -0.25) is 9.78 Å². The van der Waals surface area contributed by atoms with E-state index in [1.165, 1.54) is 0 Å². The molecule has 1 heterocycles. The third-order valence-electron chi connectivity index (χ3n) is 2.34. The summed E-state index contributed by atoms with van der Waals surface area (Å²) in [5.41, 5.74) is 6.63. The first kappa shape index (κ1) is 12.6. The molecule has 1 aromatic rings. The summed E-state index contributed by atoms with van der Waals surface area (Å²) in [6.07, 6.45) is 2.24. The molecule has 4 N–H and O–H groups in total. The Bertz CT molecular complexity index is 351. The number of carbonyl (C=O) groups is 1. The highest BCUT2D eigenvalue weighted by Gasteiger charge is 2.11. The van der Waals surface area contributed by atoms with Gasteiger partial charge in [0.25, 0.3) is 5.91 Å². The summed E-state index contributed by atoms with van der Waals surface area (Å²) in [4.78, 5) is 15.8. The largest absolute Gasteiger partial charge is 0.394 e. The number of hydrogen-bond donors (Lipinski definition) is 3. The van der Waals surface area contributed by atoms with Crippen LogP contribution in [0.4, 0.5) is 0 Å². The molecule has 0 radical (unpaired) electrons. The van der Waals surface area contributed by atoms with Crippen molar-refractivity contribution in [2.45, 2.75) is 25.9 Å². The monoisotopic (exact) mass is 223 g/mol. The van der Waals surface area contributed by atoms with Gasteiger partial charge in [0.2, 0.25) is 0 Å². The summed E-state index contributed by atoms with van der Waals surface area (Å²) >= 11 is 0. The van der Waals surface area contributed by atoms with Gasteiger partial charge in [-0.1, -0.05) is 6.92 Å². The Morgan fingerprint density at radius 1 is 1.69 bits per heavy atom. The smallest absolute Gasteiger partial charge is 0.251 e. The maximum absolute atomic E-state index is 11.8. The van der Waals surface area contributed by atoms with E-state index in [1.807, 2.05) is 6.92 Å². The molecule has 1 amide bonds. The first-order valence-corrected chi connectivity index (χ1v) is 5.28. The zero-order valence-corrected chi connectivity index (χ0v) is 9.31. The number of hydrogen-bond acceptors (Lipinski definition) is 4. The van der Waals surface area contributed by atoms with Crippen molar-refractivity contribution >= 4 is 5.91 Å². The second-order valence-corrected chi connectivity index (χ2v) is 3.50. The second-order valence-electron chi connectivity index (χ2n) is 3.50. The molecule has 1 rings (SSSR count). The first-order chi connectivity index (χ1) is 7.71. The number of aromatic nitrogens is 1. The van der Waals surface area contributed by atoms with Crippen molar-refractivity contribution in [3.05, 3.63) is 29.6 Å². The fourth-order valence-corrected chi connectivity index (χ4v) is 1.28. The number of aliphatic hydroxyl groups is 1. The van der Waals surface area contributed by atoms with Crippen LogP contribution in [0.15, 0.2) is 18.3 Å². The number of carbonyl (C=O) groups excluding carboxylic acids is 1. The van der Waals surface area contributed by atoms with Crippen molar-refractivity contribution < 1.29 is 9.90 Å². The van der Waals surface area contributed by atoms with E-state index in [9.17, 15) is 4.79 Å². The lowest BCUT2D eigenvalue weighted by Gasteiger charge is -2.14. The van der Waals surface area contributed by atoms with Crippen molar-refractivity contribution in [1.29, 1.82) is 0 Å². The molecule has 88 valence electrons. The molecule has 0 bridgehead atoms. The number of pyridine rings is 1. The van der Waals surface area contributed by atoms with Crippen LogP contribution >= 0.6 is 0 Å². The van der Waals surface area contributed by atoms with E-state index >= 15 is 0 Å². The predicted molar refractivity (Wildman–Crippen MR) is 60.8 cm³/mol. The predicted octanol–water partition coefficient (Wildman–Crippen LogP) is 0.0410. The van der Waals surface area contributed by atoms with Gasteiger partial charge in [0.1, 0.15) is 0 Å². The molecule has 5 heteroatoms. The summed E-state index contributed by atoms with van der Waals surface area (Å²) in [5.74, 6) is -0.210. The van der Waals surface area contributed by atoms with Crippen LogP contribution in [0.3, 0.4) is 0 Å². The average Bonchev–Trinajstić information content (AvgIpc) is 2.35. The number of amides is 1. The maximum atomic E-state index is 11.8. The van der Waals surface area contributed by atoms with Crippen LogP contribution in [0.2, 0.25) is 0 Å². The van der Waals surface area contributed by atoms with Gasteiger partial charge in [0, 0.05) is 18.3 Å². The van der Waals surface area contributed by atoms with E-state index in [4.69, 9.17) is 10.8 Å². The Balaban J connectivity index is 2.72. The van der Waals surface area contributed by atoms with Crippen LogP contribution in [0.25, 0.3) is 0 Å². The standard InChI is InChI=1S/C11H17N3O2/c1-2-9(7-15)14-11(16)8-3-4-13-10(5-8)6-12/h3-5,9,15H,2,6-7,12H2,1H3,(H,14,16). The quantitative estimate of drug-likeness (QED) is 0.657. The van der Waals surface area contributed by atoms with E-state index < -0.39 is 0 Å². The highest BCUT2D eigenvalue weighted by atomic mass is 16.3. The molecule has 5 nitrogen and oxygen atoms in total. The number of rotatable bonds is 5. The fourth-order valence-electron chi connectivity index (χ4n) is 1.28. The number of nitrogens with one attached hydrogen (secondary N) is 1. The van der Waals surface area contributed by atoms with E-state index in [2.05, 4.69) is 10.3 Å². The van der Waals surface area contributed by atoms with Gasteiger partial charge in [-0.15, -0.1) is 0 Å². The molecule has 0 saturated carbocycles. The average molecular weight is 223 g/mol. The fraction of sp³-hybridized carbons (Fsp3) is 0.455. The minimum atomic E-state index is -0.210. The zero-order chi connectivity index (χ0) is 12.0. The Morgan fingerprint density at radius 2 is 2.44 bits per heavy atom. The number of nitrogens with two attached hydrogens (primary N) is 1. The first-order valence-electron chi connectivity index (χ1n) is 5.28. The maximum Gasteiger partial charge on any atom is 0.251 e. The second kappa shape index (κ2) is 6.19. The summed E-state index contributed by atoms with van der Waals surface area (Å²) in [6, 6.07) is 3.07. The van der Waals surface area contributed by atoms with Gasteiger partial charge in [-0.05, 0) is 18.6 Å². The van der Waals surface area contributed by atoms with E-state index in [0.29, 0.717) is 24.2 Å². The molecule has 0 fully saturated rings. The normalized spacial score (nSPS) is 12.2. The summed E-state index contributed by atoms with van der Waals surface area (Å²) in [5, 5.41) is 11.7. The van der Waals surface area contributed by atoms with Gasteiger partial charge in [-0.2, -0.15) is 0 Å². The number of aliphatic hydroxyl groups excluding tert-OH is 1. The SMILES string of the molecule is CCC(CO)NC(=O)c1ccnc(CN)c1. The highest BCUT2D eigenvalue weighted by molar-refractivity contribution is 5.94. The van der Waals surface area contributed by atoms with Crippen molar-refractivity contribution in [2.24, 2.45) is 5.73 Å². The molecule has 0 saturated heterocycles. The minimum Gasteiger partial charge on any atom is -0.394 e. The molecule has 0 aliphatic rings. The molecule has 0 aliphatic carbocycles. The molecule has 1 aromatic heterocycles. The van der Waals surface area contributed by atoms with Gasteiger partial charge in [0.05, 0.1) is 18.3 Å². The Hall–Kier alpha value is -1.46. The summed E-state index contributed by atoms with van der Waals surface area (Å²) < 4.78 is 0. The lowest BCUT2D eigenvalue weighted by atomic mass is 10.2. The molecular weight excluding hydrogens is 206 g/mol. The summed E-state index contributed by atoms with van der Waals surface area (Å²) in [7, 11) is 0. The molecule has 0 aromatic carbocycles. The summed E-state index contributed by atoms with van der Waals surface area (Å²) in [6.45, 7) is 2.15. The van der Waals surface area contributed by atoms with Crippen LogP contribution in [0.5, 0.6) is 0 Å². The minimum absolute atomic E-state index is 0.0585. The van der Waals surface area contributed by atoms with Crippen molar-refractivity contribution in [3.8, 4) is 0 Å². The lowest BCUT2D eigenvalue weighted by molar-refractivity contribution is 0.0914. The van der Waals surface area contributed by atoms with Crippen LogP contribution in [0.1, 0.15) is 29.4 Å². The van der Waals surface area contributed by atoms with Crippen LogP contribution < -0.4 is 11.1 Å². The molecule has 0 aliphatic heterocycles. The van der Waals surface area contributed by atoms with Crippen LogP contribution in [-0.4, -0.2) is 28.6 Å². The van der Waals surface area contributed by atoms with Gasteiger partial charge < -0.3 is 16.2 Å². The van der Waals surface area contributed by atoms with Crippen LogP contribution in [0, 0.1) is 0 Å². The highest BCUT2D eigenvalue weighted by Crippen LogP contribution is 2.02. The van der Waals surface area contributed by atoms with Gasteiger partial charge in [-0.25, -0.2) is 0 Å².